The Balaban J connectivity index is 1.78. The molecular weight excluding hydrogens is 352 g/mol. The molecule has 134 valence electrons. The monoisotopic (exact) mass is 365 g/mol. The van der Waals surface area contributed by atoms with Crippen LogP contribution in [0.2, 0.25) is 0 Å². The number of nitrogens with one attached hydrogen (secondary N) is 2. The van der Waals surface area contributed by atoms with E-state index in [4.69, 9.17) is 4.74 Å². The maximum absolute atomic E-state index is 14.6. The fraction of sp³-hybridized carbons (Fsp3) is 0. The number of carbonyl (C=O) groups is 1. The van der Waals surface area contributed by atoms with Gasteiger partial charge in [0.15, 0.2) is 17.9 Å². The summed E-state index contributed by atoms with van der Waals surface area (Å²) in [6, 6.07) is 7.07. The molecule has 0 saturated carbocycles. The van der Waals surface area contributed by atoms with Gasteiger partial charge in [-0.3, -0.25) is 4.79 Å². The minimum absolute atomic E-state index is 0.0114. The van der Waals surface area contributed by atoms with Crippen molar-refractivity contribution in [2.24, 2.45) is 0 Å². The number of rotatable bonds is 5. The number of ether oxygens (including phenoxy) is 1. The highest BCUT2D eigenvalue weighted by molar-refractivity contribution is 5.91. The summed E-state index contributed by atoms with van der Waals surface area (Å²) in [5, 5.41) is 0.755. The number of H-pyrrole nitrogens is 2. The quantitative estimate of drug-likeness (QED) is 0.484. The molecule has 2 N–H and O–H groups in total. The molecule has 0 radical (unpaired) electrons. The van der Waals surface area contributed by atoms with Crippen molar-refractivity contribution in [2.45, 2.75) is 0 Å². The molecule has 0 aliphatic rings. The molecule has 7 heteroatoms. The Labute approximate surface area is 152 Å². The number of aldehydes is 1. The third-order valence-corrected chi connectivity index (χ3v) is 4.14. The van der Waals surface area contributed by atoms with Crippen molar-refractivity contribution in [2.75, 3.05) is 0 Å². The van der Waals surface area contributed by atoms with E-state index in [1.54, 1.807) is 12.3 Å². The molecule has 0 spiro atoms. The van der Waals surface area contributed by atoms with Gasteiger partial charge in [-0.2, -0.15) is 0 Å². The van der Waals surface area contributed by atoms with E-state index in [1.165, 1.54) is 36.5 Å². The average Bonchev–Trinajstić information content (AvgIpc) is 3.32. The van der Waals surface area contributed by atoms with Gasteiger partial charge in [0.2, 0.25) is 0 Å². The molecule has 0 unspecified atom stereocenters. The number of carbonyl (C=O) groups excluding carboxylic acids is 1. The van der Waals surface area contributed by atoms with Gasteiger partial charge >= 0.3 is 0 Å². The molecule has 27 heavy (non-hydrogen) atoms. The highest BCUT2D eigenvalue weighted by Gasteiger charge is 2.16. The van der Waals surface area contributed by atoms with Crippen LogP contribution in [0.1, 0.15) is 16.1 Å². The molecule has 2 aromatic heterocycles. The van der Waals surface area contributed by atoms with Crippen LogP contribution in [0, 0.1) is 11.6 Å². The number of halogens is 2. The van der Waals surface area contributed by atoms with E-state index in [2.05, 4.69) is 21.5 Å². The van der Waals surface area contributed by atoms with Crippen molar-refractivity contribution < 1.29 is 18.3 Å². The summed E-state index contributed by atoms with van der Waals surface area (Å²) in [6.45, 7) is 3.73. The normalized spacial score (nSPS) is 10.9. The minimum Gasteiger partial charge on any atom is -0.454 e. The summed E-state index contributed by atoms with van der Waals surface area (Å²) in [6.07, 6.45) is 5.11. The van der Waals surface area contributed by atoms with Gasteiger partial charge in [0, 0.05) is 34.9 Å². The second-order valence-corrected chi connectivity index (χ2v) is 5.78. The summed E-state index contributed by atoms with van der Waals surface area (Å²) in [7, 11) is 0. The lowest BCUT2D eigenvalue weighted by Crippen LogP contribution is -1.95. The fourth-order valence-electron chi connectivity index (χ4n) is 2.89. The average molecular weight is 365 g/mol. The van der Waals surface area contributed by atoms with Crippen LogP contribution >= 0.6 is 0 Å². The lowest BCUT2D eigenvalue weighted by Gasteiger charge is -2.12. The smallest absolute Gasteiger partial charge is 0.170 e. The van der Waals surface area contributed by atoms with Crippen LogP contribution in [-0.4, -0.2) is 21.2 Å². The van der Waals surface area contributed by atoms with Crippen LogP contribution in [0.4, 0.5) is 8.78 Å². The van der Waals surface area contributed by atoms with Crippen LogP contribution in [0.5, 0.6) is 11.5 Å². The van der Waals surface area contributed by atoms with Gasteiger partial charge in [-0.25, -0.2) is 13.8 Å². The van der Waals surface area contributed by atoms with E-state index in [1.807, 2.05) is 0 Å². The maximum atomic E-state index is 14.6. The van der Waals surface area contributed by atoms with Gasteiger partial charge in [-0.15, -0.1) is 0 Å². The van der Waals surface area contributed by atoms with E-state index in [-0.39, 0.29) is 28.6 Å². The van der Waals surface area contributed by atoms with Crippen LogP contribution in [0.15, 0.2) is 49.3 Å². The largest absolute Gasteiger partial charge is 0.454 e. The van der Waals surface area contributed by atoms with Crippen LogP contribution < -0.4 is 4.74 Å². The van der Waals surface area contributed by atoms with Crippen molar-refractivity contribution in [1.29, 1.82) is 0 Å². The lowest BCUT2D eigenvalue weighted by atomic mass is 10.1. The van der Waals surface area contributed by atoms with E-state index in [0.717, 1.165) is 5.39 Å². The first-order chi connectivity index (χ1) is 13.1. The topological polar surface area (TPSA) is 70.8 Å². The zero-order valence-electron chi connectivity index (χ0n) is 13.9. The molecule has 0 fully saturated rings. The number of hydrogen-bond donors (Lipinski definition) is 2. The highest BCUT2D eigenvalue weighted by Crippen LogP contribution is 2.36. The Hall–Kier alpha value is -3.74. The molecule has 0 saturated heterocycles. The lowest BCUT2D eigenvalue weighted by molar-refractivity contribution is 0.111. The van der Waals surface area contributed by atoms with Gasteiger partial charge in [-0.05, 0) is 24.3 Å². The van der Waals surface area contributed by atoms with E-state index in [0.29, 0.717) is 17.4 Å². The number of nitrogens with zero attached hydrogens (tertiary/aromatic N) is 1. The number of aromatic amines is 2. The predicted octanol–water partition coefficient (Wildman–Crippen LogP) is 5.08. The summed E-state index contributed by atoms with van der Waals surface area (Å²) >= 11 is 0. The molecule has 0 amide bonds. The van der Waals surface area contributed by atoms with Crippen molar-refractivity contribution >= 4 is 23.3 Å². The zero-order valence-corrected chi connectivity index (χ0v) is 13.9. The predicted molar refractivity (Wildman–Crippen MR) is 97.8 cm³/mol. The molecule has 4 aromatic rings. The van der Waals surface area contributed by atoms with Gasteiger partial charge in [0.05, 0.1) is 5.56 Å². The minimum atomic E-state index is -0.577. The maximum Gasteiger partial charge on any atom is 0.170 e. The molecule has 0 bridgehead atoms. The van der Waals surface area contributed by atoms with Crippen molar-refractivity contribution in [3.63, 3.8) is 0 Å². The third-order valence-electron chi connectivity index (χ3n) is 4.14. The Morgan fingerprint density at radius 2 is 1.96 bits per heavy atom. The zero-order chi connectivity index (χ0) is 19.0. The SMILES string of the molecule is C=Cc1c(Oc2ccc(F)c(-c3nc(C=O)c[nH]3)c2)c(F)cc2[nH]ccc12. The van der Waals surface area contributed by atoms with Gasteiger partial charge in [0.25, 0.3) is 0 Å². The standard InChI is InChI=1S/C20H13F2N3O2/c1-2-13-14-5-6-23-18(14)8-17(22)19(13)27-12-3-4-16(21)15(7-12)20-24-9-11(10-26)25-20/h2-10,23H,1H2,(H,24,25). The summed E-state index contributed by atoms with van der Waals surface area (Å²) in [4.78, 5) is 20.4. The molecule has 0 aliphatic carbocycles. The van der Waals surface area contributed by atoms with E-state index in [9.17, 15) is 13.6 Å². The summed E-state index contributed by atoms with van der Waals surface area (Å²) < 4.78 is 34.5. The molecule has 0 atom stereocenters. The van der Waals surface area contributed by atoms with Crippen LogP contribution in [-0.2, 0) is 0 Å². The Kier molecular flexibility index (Phi) is 4.04. The van der Waals surface area contributed by atoms with Crippen molar-refractivity contribution in [3.05, 3.63) is 72.2 Å². The molecule has 2 aromatic carbocycles. The first-order valence-corrected chi connectivity index (χ1v) is 8.01. The van der Waals surface area contributed by atoms with Crippen molar-refractivity contribution in [3.8, 4) is 22.9 Å². The van der Waals surface area contributed by atoms with E-state index >= 15 is 0 Å². The second-order valence-electron chi connectivity index (χ2n) is 5.78. The fourth-order valence-corrected chi connectivity index (χ4v) is 2.89. The molecular formula is C20H13F2N3O2. The number of imidazole rings is 1. The third kappa shape index (κ3) is 2.89. The first-order valence-electron chi connectivity index (χ1n) is 8.01. The Bertz CT molecular complexity index is 1180. The number of aromatic nitrogens is 3. The number of hydrogen-bond acceptors (Lipinski definition) is 3. The number of benzene rings is 2. The van der Waals surface area contributed by atoms with Gasteiger partial charge in [0.1, 0.15) is 23.1 Å². The van der Waals surface area contributed by atoms with Crippen LogP contribution in [0.3, 0.4) is 0 Å². The number of fused-ring (bicyclic) bond motifs is 1. The van der Waals surface area contributed by atoms with Gasteiger partial charge in [-0.1, -0.05) is 12.7 Å². The van der Waals surface area contributed by atoms with E-state index < -0.39 is 11.6 Å². The Morgan fingerprint density at radius 1 is 1.11 bits per heavy atom. The van der Waals surface area contributed by atoms with Crippen molar-refractivity contribution in [1.82, 2.24) is 15.0 Å². The first kappa shape index (κ1) is 16.7. The highest BCUT2D eigenvalue weighted by atomic mass is 19.1. The molecule has 2 heterocycles. The molecule has 5 nitrogen and oxygen atoms in total. The second kappa shape index (κ2) is 6.53. The summed E-state index contributed by atoms with van der Waals surface area (Å²) in [5.41, 5.74) is 1.35. The molecule has 4 rings (SSSR count). The molecule has 0 aliphatic heterocycles. The Morgan fingerprint density at radius 3 is 2.70 bits per heavy atom. The van der Waals surface area contributed by atoms with Crippen LogP contribution in [0.25, 0.3) is 28.4 Å². The van der Waals surface area contributed by atoms with Gasteiger partial charge < -0.3 is 14.7 Å². The summed E-state index contributed by atoms with van der Waals surface area (Å²) in [5.74, 6) is -0.757.